The number of hydrogen-bond donors (Lipinski definition) is 1. The second kappa shape index (κ2) is 6.36. The number of hydrogen-bond acceptors (Lipinski definition) is 1. The topological polar surface area (TPSA) is 12.0 Å². The monoisotopic (exact) mass is 257 g/mol. The van der Waals surface area contributed by atoms with Crippen molar-refractivity contribution in [3.05, 3.63) is 34.1 Å². The Labute approximate surface area is 108 Å². The Morgan fingerprint density at radius 1 is 1.35 bits per heavy atom. The Balaban J connectivity index is 3.05. The van der Waals surface area contributed by atoms with E-state index in [1.54, 1.807) is 6.92 Å². The molecule has 0 bridgehead atoms. The third-order valence-corrected chi connectivity index (χ3v) is 3.22. The Hall–Kier alpha value is -0.600. The van der Waals surface area contributed by atoms with E-state index in [2.05, 4.69) is 26.1 Å². The van der Waals surface area contributed by atoms with Gasteiger partial charge in [-0.05, 0) is 43.0 Å². The van der Waals surface area contributed by atoms with Crippen molar-refractivity contribution in [1.82, 2.24) is 5.32 Å². The highest BCUT2D eigenvalue weighted by atomic mass is 35.5. The first-order valence-electron chi connectivity index (χ1n) is 6.16. The summed E-state index contributed by atoms with van der Waals surface area (Å²) in [6.07, 6.45) is 1.07. The number of halogens is 2. The Kier molecular flexibility index (Phi) is 5.41. The van der Waals surface area contributed by atoms with Gasteiger partial charge in [0, 0.05) is 11.1 Å². The molecule has 0 saturated heterocycles. The molecule has 0 aliphatic rings. The van der Waals surface area contributed by atoms with Crippen LogP contribution in [0.3, 0.4) is 0 Å². The van der Waals surface area contributed by atoms with Gasteiger partial charge in [-0.15, -0.1) is 0 Å². The molecule has 0 heterocycles. The van der Waals surface area contributed by atoms with Crippen LogP contribution < -0.4 is 5.32 Å². The molecule has 1 unspecified atom stereocenters. The van der Waals surface area contributed by atoms with Crippen LogP contribution in [0.15, 0.2) is 12.1 Å². The van der Waals surface area contributed by atoms with Gasteiger partial charge in [-0.25, -0.2) is 4.39 Å². The summed E-state index contributed by atoms with van der Waals surface area (Å²) >= 11 is 6.14. The van der Waals surface area contributed by atoms with Crippen molar-refractivity contribution in [1.29, 1.82) is 0 Å². The highest BCUT2D eigenvalue weighted by Crippen LogP contribution is 2.30. The van der Waals surface area contributed by atoms with Crippen molar-refractivity contribution in [3.8, 4) is 0 Å². The molecule has 0 aliphatic carbocycles. The summed E-state index contributed by atoms with van der Waals surface area (Å²) in [5.41, 5.74) is 1.64. The zero-order valence-corrected chi connectivity index (χ0v) is 11.7. The van der Waals surface area contributed by atoms with E-state index in [0.29, 0.717) is 16.5 Å². The average Bonchev–Trinajstić information content (AvgIpc) is 2.25. The van der Waals surface area contributed by atoms with Crippen molar-refractivity contribution in [2.24, 2.45) is 5.92 Å². The fraction of sp³-hybridized carbons (Fsp3) is 0.571. The SMILES string of the molecule is CCCNC(c1cc(C)c(F)cc1Cl)C(C)C. The largest absolute Gasteiger partial charge is 0.310 e. The zero-order valence-electron chi connectivity index (χ0n) is 11.0. The third kappa shape index (κ3) is 3.68. The lowest BCUT2D eigenvalue weighted by Crippen LogP contribution is -2.26. The predicted molar refractivity (Wildman–Crippen MR) is 72.0 cm³/mol. The van der Waals surface area contributed by atoms with Gasteiger partial charge in [-0.1, -0.05) is 38.4 Å². The van der Waals surface area contributed by atoms with Crippen LogP contribution in [-0.2, 0) is 0 Å². The summed E-state index contributed by atoms with van der Waals surface area (Å²) in [6, 6.07) is 3.45. The molecule has 1 atom stereocenters. The molecule has 0 aliphatic heterocycles. The lowest BCUT2D eigenvalue weighted by atomic mass is 9.94. The van der Waals surface area contributed by atoms with Gasteiger partial charge >= 0.3 is 0 Å². The molecule has 17 heavy (non-hydrogen) atoms. The maximum atomic E-state index is 13.4. The number of rotatable bonds is 5. The van der Waals surface area contributed by atoms with Crippen molar-refractivity contribution < 1.29 is 4.39 Å². The summed E-state index contributed by atoms with van der Waals surface area (Å²) in [7, 11) is 0. The van der Waals surface area contributed by atoms with Gasteiger partial charge < -0.3 is 5.32 Å². The summed E-state index contributed by atoms with van der Waals surface area (Å²) in [5.74, 6) is 0.181. The standard InChI is InChI=1S/C14H21ClFN/c1-5-6-17-14(9(2)3)11-7-10(4)13(16)8-12(11)15/h7-9,14,17H,5-6H2,1-4H3. The fourth-order valence-electron chi connectivity index (χ4n) is 1.92. The quantitative estimate of drug-likeness (QED) is 0.820. The van der Waals surface area contributed by atoms with E-state index in [4.69, 9.17) is 11.6 Å². The van der Waals surface area contributed by atoms with Gasteiger partial charge in [0.25, 0.3) is 0 Å². The average molecular weight is 258 g/mol. The van der Waals surface area contributed by atoms with Gasteiger partial charge in [0.1, 0.15) is 5.82 Å². The van der Waals surface area contributed by atoms with E-state index < -0.39 is 0 Å². The molecule has 3 heteroatoms. The Bertz CT molecular complexity index is 377. The first kappa shape index (κ1) is 14.5. The van der Waals surface area contributed by atoms with E-state index in [1.807, 2.05) is 6.07 Å². The number of nitrogens with one attached hydrogen (secondary N) is 1. The number of benzene rings is 1. The van der Waals surface area contributed by atoms with Crippen LogP contribution >= 0.6 is 11.6 Å². The highest BCUT2D eigenvalue weighted by Gasteiger charge is 2.19. The van der Waals surface area contributed by atoms with E-state index in [9.17, 15) is 4.39 Å². The van der Waals surface area contributed by atoms with Gasteiger partial charge in [0.15, 0.2) is 0 Å². The van der Waals surface area contributed by atoms with E-state index in [0.717, 1.165) is 18.5 Å². The molecule has 0 saturated carbocycles. The summed E-state index contributed by atoms with van der Waals surface area (Å²) in [6.45, 7) is 9.12. The van der Waals surface area contributed by atoms with Crippen LogP contribution in [0.25, 0.3) is 0 Å². The van der Waals surface area contributed by atoms with Gasteiger partial charge in [-0.2, -0.15) is 0 Å². The zero-order chi connectivity index (χ0) is 13.0. The molecular formula is C14H21ClFN. The molecule has 1 N–H and O–H groups in total. The Morgan fingerprint density at radius 2 is 2.00 bits per heavy atom. The molecule has 1 nitrogen and oxygen atoms in total. The first-order chi connectivity index (χ1) is 7.97. The first-order valence-corrected chi connectivity index (χ1v) is 6.54. The molecule has 1 rings (SSSR count). The molecule has 1 aromatic carbocycles. The normalized spacial score (nSPS) is 13.1. The fourth-order valence-corrected chi connectivity index (χ4v) is 2.19. The van der Waals surface area contributed by atoms with E-state index >= 15 is 0 Å². The van der Waals surface area contributed by atoms with Crippen LogP contribution in [0.1, 0.15) is 44.4 Å². The second-order valence-corrected chi connectivity index (χ2v) is 5.21. The molecule has 0 amide bonds. The van der Waals surface area contributed by atoms with Crippen molar-refractivity contribution >= 4 is 11.6 Å². The van der Waals surface area contributed by atoms with Gasteiger partial charge in [0.05, 0.1) is 0 Å². The lowest BCUT2D eigenvalue weighted by Gasteiger charge is -2.24. The van der Waals surface area contributed by atoms with Gasteiger partial charge in [-0.3, -0.25) is 0 Å². The van der Waals surface area contributed by atoms with Crippen molar-refractivity contribution in [2.75, 3.05) is 6.54 Å². The summed E-state index contributed by atoms with van der Waals surface area (Å²) in [4.78, 5) is 0. The van der Waals surface area contributed by atoms with Crippen LogP contribution in [0, 0.1) is 18.7 Å². The molecule has 96 valence electrons. The van der Waals surface area contributed by atoms with E-state index in [-0.39, 0.29) is 11.9 Å². The van der Waals surface area contributed by atoms with Gasteiger partial charge in [0.2, 0.25) is 0 Å². The second-order valence-electron chi connectivity index (χ2n) is 4.80. The van der Waals surface area contributed by atoms with Crippen LogP contribution in [0.4, 0.5) is 4.39 Å². The number of aryl methyl sites for hydroxylation is 1. The molecule has 0 radical (unpaired) electrons. The predicted octanol–water partition coefficient (Wildman–Crippen LogP) is 4.48. The maximum Gasteiger partial charge on any atom is 0.127 e. The summed E-state index contributed by atoms with van der Waals surface area (Å²) in [5, 5.41) is 3.98. The van der Waals surface area contributed by atoms with Crippen molar-refractivity contribution in [2.45, 2.75) is 40.2 Å². The summed E-state index contributed by atoms with van der Waals surface area (Å²) < 4.78 is 13.4. The van der Waals surface area contributed by atoms with E-state index in [1.165, 1.54) is 6.07 Å². The molecule has 0 aromatic heterocycles. The molecule has 0 fully saturated rings. The molecule has 1 aromatic rings. The van der Waals surface area contributed by atoms with Crippen molar-refractivity contribution in [3.63, 3.8) is 0 Å². The smallest absolute Gasteiger partial charge is 0.127 e. The lowest BCUT2D eigenvalue weighted by molar-refractivity contribution is 0.412. The van der Waals surface area contributed by atoms with Crippen LogP contribution in [-0.4, -0.2) is 6.54 Å². The van der Waals surface area contributed by atoms with Crippen LogP contribution in [0.2, 0.25) is 5.02 Å². The maximum absolute atomic E-state index is 13.4. The Morgan fingerprint density at radius 3 is 2.53 bits per heavy atom. The molecule has 0 spiro atoms. The highest BCUT2D eigenvalue weighted by molar-refractivity contribution is 6.31. The minimum absolute atomic E-state index is 0.182. The minimum atomic E-state index is -0.239. The third-order valence-electron chi connectivity index (χ3n) is 2.89. The molecular weight excluding hydrogens is 237 g/mol. The van der Waals surface area contributed by atoms with Crippen LogP contribution in [0.5, 0.6) is 0 Å². The minimum Gasteiger partial charge on any atom is -0.310 e.